The van der Waals surface area contributed by atoms with Crippen LogP contribution in [-0.2, 0) is 11.0 Å². The Balaban J connectivity index is 2.89. The number of hydrogen-bond acceptors (Lipinski definition) is 2. The largest absolute Gasteiger partial charge is 0.397 e. The third-order valence-electron chi connectivity index (χ3n) is 1.26. The van der Waals surface area contributed by atoms with Gasteiger partial charge in [0.2, 0.25) is 0 Å². The molecule has 0 aliphatic carbocycles. The third kappa shape index (κ3) is 2.39. The summed E-state index contributed by atoms with van der Waals surface area (Å²) in [6.45, 7) is 0. The quantitative estimate of drug-likeness (QED) is 0.720. The zero-order chi connectivity index (χ0) is 9.14. The fraction of sp³-hybridized carbons (Fsp3) is 0.143. The number of nitrogens with two attached hydrogens (primary N) is 1. The van der Waals surface area contributed by atoms with Crippen molar-refractivity contribution in [2.24, 2.45) is 0 Å². The van der Waals surface area contributed by atoms with Gasteiger partial charge < -0.3 is 10.5 Å². The maximum absolute atomic E-state index is 10.7. The first-order chi connectivity index (χ1) is 5.59. The standard InChI is InChI=1S/C7H9ClN2OS/c1-12(11)10-5-2-3-6(8)7(9)4-5/h2-4,10H,9H2,1H3. The number of nitrogen functional groups attached to an aromatic ring is 1. The number of anilines is 2. The van der Waals surface area contributed by atoms with Gasteiger partial charge in [0.25, 0.3) is 0 Å². The van der Waals surface area contributed by atoms with Crippen molar-refractivity contribution in [1.29, 1.82) is 0 Å². The molecule has 0 bridgehead atoms. The van der Waals surface area contributed by atoms with Gasteiger partial charge >= 0.3 is 0 Å². The highest BCUT2D eigenvalue weighted by atomic mass is 35.5. The van der Waals surface area contributed by atoms with E-state index >= 15 is 0 Å². The SMILES string of the molecule is CS(=O)Nc1ccc(Cl)c(N)c1. The van der Waals surface area contributed by atoms with Crippen LogP contribution < -0.4 is 10.5 Å². The Hall–Kier alpha value is -0.740. The molecule has 3 nitrogen and oxygen atoms in total. The zero-order valence-corrected chi connectivity index (χ0v) is 8.08. The molecule has 1 aromatic rings. The first-order valence-electron chi connectivity index (χ1n) is 3.24. The van der Waals surface area contributed by atoms with Gasteiger partial charge in [-0.2, -0.15) is 0 Å². The van der Waals surface area contributed by atoms with Crippen molar-refractivity contribution >= 4 is 34.0 Å². The topological polar surface area (TPSA) is 55.1 Å². The van der Waals surface area contributed by atoms with E-state index in [2.05, 4.69) is 4.72 Å². The van der Waals surface area contributed by atoms with Crippen LogP contribution in [0.1, 0.15) is 0 Å². The van der Waals surface area contributed by atoms with Crippen LogP contribution >= 0.6 is 11.6 Å². The van der Waals surface area contributed by atoms with Crippen LogP contribution in [-0.4, -0.2) is 10.5 Å². The molecular formula is C7H9ClN2OS. The average Bonchev–Trinajstić information content (AvgIpc) is 1.96. The summed E-state index contributed by atoms with van der Waals surface area (Å²) in [7, 11) is -1.08. The number of halogens is 1. The van der Waals surface area contributed by atoms with Crippen LogP contribution in [0.25, 0.3) is 0 Å². The molecule has 1 atom stereocenters. The Morgan fingerprint density at radius 2 is 2.25 bits per heavy atom. The molecule has 12 heavy (non-hydrogen) atoms. The number of nitrogens with one attached hydrogen (secondary N) is 1. The fourth-order valence-electron chi connectivity index (χ4n) is 0.773. The van der Waals surface area contributed by atoms with Crippen molar-refractivity contribution in [3.8, 4) is 0 Å². The van der Waals surface area contributed by atoms with Crippen LogP contribution in [0.3, 0.4) is 0 Å². The molecule has 5 heteroatoms. The van der Waals surface area contributed by atoms with Crippen LogP contribution in [0, 0.1) is 0 Å². The van der Waals surface area contributed by atoms with Gasteiger partial charge in [0.15, 0.2) is 0 Å². The van der Waals surface area contributed by atoms with E-state index in [4.69, 9.17) is 17.3 Å². The summed E-state index contributed by atoms with van der Waals surface area (Å²) in [5, 5.41) is 0.502. The Bertz CT molecular complexity index is 316. The molecule has 0 aromatic heterocycles. The van der Waals surface area contributed by atoms with Crippen molar-refractivity contribution in [1.82, 2.24) is 0 Å². The molecule has 1 unspecified atom stereocenters. The maximum atomic E-state index is 10.7. The molecule has 0 amide bonds. The minimum atomic E-state index is -1.08. The molecular weight excluding hydrogens is 196 g/mol. The Morgan fingerprint density at radius 1 is 1.58 bits per heavy atom. The molecule has 3 N–H and O–H groups in total. The van der Waals surface area contributed by atoms with Crippen molar-refractivity contribution in [2.75, 3.05) is 16.7 Å². The highest BCUT2D eigenvalue weighted by Crippen LogP contribution is 2.22. The highest BCUT2D eigenvalue weighted by Gasteiger charge is 1.98. The molecule has 1 aromatic carbocycles. The van der Waals surface area contributed by atoms with Crippen LogP contribution in [0.2, 0.25) is 5.02 Å². The van der Waals surface area contributed by atoms with E-state index < -0.39 is 11.0 Å². The lowest BCUT2D eigenvalue weighted by atomic mass is 10.3. The van der Waals surface area contributed by atoms with Gasteiger partial charge in [-0.05, 0) is 18.2 Å². The minimum Gasteiger partial charge on any atom is -0.397 e. The van der Waals surface area contributed by atoms with Gasteiger partial charge in [-0.25, -0.2) is 4.21 Å². The van der Waals surface area contributed by atoms with Crippen LogP contribution in [0.15, 0.2) is 18.2 Å². The van der Waals surface area contributed by atoms with Gasteiger partial charge in [0.1, 0.15) is 11.0 Å². The highest BCUT2D eigenvalue weighted by molar-refractivity contribution is 7.85. The summed E-state index contributed by atoms with van der Waals surface area (Å²) < 4.78 is 13.4. The summed E-state index contributed by atoms with van der Waals surface area (Å²) in [6, 6.07) is 5.02. The third-order valence-corrected chi connectivity index (χ3v) is 2.12. The molecule has 0 radical (unpaired) electrons. The smallest absolute Gasteiger partial charge is 0.113 e. The second kappa shape index (κ2) is 3.78. The van der Waals surface area contributed by atoms with Crippen LogP contribution in [0.4, 0.5) is 11.4 Å². The molecule has 0 spiro atoms. The molecule has 0 aliphatic rings. The van der Waals surface area contributed by atoms with Crippen molar-refractivity contribution in [3.05, 3.63) is 23.2 Å². The lowest BCUT2D eigenvalue weighted by Gasteiger charge is -2.03. The van der Waals surface area contributed by atoms with E-state index in [-0.39, 0.29) is 0 Å². The fourth-order valence-corrected chi connectivity index (χ4v) is 1.35. The van der Waals surface area contributed by atoms with E-state index in [9.17, 15) is 4.21 Å². The minimum absolute atomic E-state index is 0.479. The molecule has 0 fully saturated rings. The predicted octanol–water partition coefficient (Wildman–Crippen LogP) is 1.63. The summed E-state index contributed by atoms with van der Waals surface area (Å²) in [5.41, 5.74) is 6.71. The summed E-state index contributed by atoms with van der Waals surface area (Å²) in [6.07, 6.45) is 1.55. The number of rotatable bonds is 2. The zero-order valence-electron chi connectivity index (χ0n) is 6.50. The molecule has 1 rings (SSSR count). The summed E-state index contributed by atoms with van der Waals surface area (Å²) >= 11 is 5.69. The maximum Gasteiger partial charge on any atom is 0.113 e. The van der Waals surface area contributed by atoms with E-state index in [0.717, 1.165) is 0 Å². The first-order valence-corrected chi connectivity index (χ1v) is 5.18. The van der Waals surface area contributed by atoms with Gasteiger partial charge in [-0.15, -0.1) is 0 Å². The average molecular weight is 205 g/mol. The normalized spacial score (nSPS) is 12.5. The molecule has 0 heterocycles. The number of benzene rings is 1. The second-order valence-electron chi connectivity index (χ2n) is 2.29. The van der Waals surface area contributed by atoms with Gasteiger partial charge in [0, 0.05) is 11.9 Å². The van der Waals surface area contributed by atoms with Crippen molar-refractivity contribution in [3.63, 3.8) is 0 Å². The van der Waals surface area contributed by atoms with Gasteiger partial charge in [-0.1, -0.05) is 11.6 Å². The van der Waals surface area contributed by atoms with Gasteiger partial charge in [0.05, 0.1) is 10.7 Å². The van der Waals surface area contributed by atoms with E-state index in [0.29, 0.717) is 16.4 Å². The summed E-state index contributed by atoms with van der Waals surface area (Å²) in [4.78, 5) is 0. The van der Waals surface area contributed by atoms with Gasteiger partial charge in [-0.3, -0.25) is 0 Å². The Kier molecular flexibility index (Phi) is 2.94. The Labute approximate surface area is 78.5 Å². The molecule has 0 saturated heterocycles. The van der Waals surface area contributed by atoms with Crippen LogP contribution in [0.5, 0.6) is 0 Å². The lowest BCUT2D eigenvalue weighted by Crippen LogP contribution is -2.01. The molecule has 66 valence electrons. The van der Waals surface area contributed by atoms with Crippen molar-refractivity contribution in [2.45, 2.75) is 0 Å². The van der Waals surface area contributed by atoms with E-state index in [1.807, 2.05) is 0 Å². The second-order valence-corrected chi connectivity index (χ2v) is 3.81. The van der Waals surface area contributed by atoms with E-state index in [1.54, 1.807) is 24.5 Å². The lowest BCUT2D eigenvalue weighted by molar-refractivity contribution is 0.690. The van der Waals surface area contributed by atoms with E-state index in [1.165, 1.54) is 0 Å². The molecule has 0 aliphatic heterocycles. The predicted molar refractivity (Wildman–Crippen MR) is 53.6 cm³/mol. The Morgan fingerprint density at radius 3 is 2.75 bits per heavy atom. The first kappa shape index (κ1) is 9.35. The van der Waals surface area contributed by atoms with Crippen molar-refractivity contribution < 1.29 is 4.21 Å². The number of hydrogen-bond donors (Lipinski definition) is 2. The monoisotopic (exact) mass is 204 g/mol. The summed E-state index contributed by atoms with van der Waals surface area (Å²) in [5.74, 6) is 0. The molecule has 0 saturated carbocycles.